The first-order chi connectivity index (χ1) is 8.26. The minimum atomic E-state index is 0.789. The fourth-order valence-electron chi connectivity index (χ4n) is 1.80. The van der Waals surface area contributed by atoms with Gasteiger partial charge in [0.05, 0.1) is 0 Å². The van der Waals surface area contributed by atoms with Crippen LogP contribution in [0.3, 0.4) is 0 Å². The van der Waals surface area contributed by atoms with Crippen molar-refractivity contribution in [1.29, 1.82) is 0 Å². The molecule has 0 saturated heterocycles. The third-order valence-corrected chi connectivity index (χ3v) is 3.22. The quantitative estimate of drug-likeness (QED) is 0.709. The van der Waals surface area contributed by atoms with Crippen LogP contribution in [0.4, 0.5) is 5.69 Å². The van der Waals surface area contributed by atoms with Gasteiger partial charge in [-0.1, -0.05) is 25.4 Å². The van der Waals surface area contributed by atoms with Crippen LogP contribution in [0, 0.1) is 0 Å². The van der Waals surface area contributed by atoms with Gasteiger partial charge in [0.1, 0.15) is 0 Å². The highest BCUT2D eigenvalue weighted by Gasteiger charge is 1.98. The molecule has 1 aromatic rings. The Morgan fingerprint density at radius 3 is 2.29 bits per heavy atom. The molecule has 0 heterocycles. The summed E-state index contributed by atoms with van der Waals surface area (Å²) in [6.45, 7) is 8.98. The number of rotatable bonds is 8. The van der Waals surface area contributed by atoms with Gasteiger partial charge >= 0.3 is 0 Å². The second-order valence-electron chi connectivity index (χ2n) is 4.17. The van der Waals surface area contributed by atoms with Crippen molar-refractivity contribution < 1.29 is 0 Å². The van der Waals surface area contributed by atoms with Crippen LogP contribution in [0.1, 0.15) is 26.7 Å². The van der Waals surface area contributed by atoms with Crippen LogP contribution in [0.25, 0.3) is 0 Å². The van der Waals surface area contributed by atoms with Gasteiger partial charge in [0.25, 0.3) is 0 Å². The molecule has 96 valence electrons. The summed E-state index contributed by atoms with van der Waals surface area (Å²) in [6.07, 6.45) is 2.46. The number of nitrogens with one attached hydrogen (secondary N) is 1. The molecule has 0 bridgehead atoms. The van der Waals surface area contributed by atoms with Crippen LogP contribution in [0.2, 0.25) is 5.02 Å². The number of anilines is 1. The van der Waals surface area contributed by atoms with Crippen LogP contribution in [-0.2, 0) is 0 Å². The summed E-state index contributed by atoms with van der Waals surface area (Å²) in [4.78, 5) is 2.46. The fourth-order valence-corrected chi connectivity index (χ4v) is 1.93. The van der Waals surface area contributed by atoms with Crippen LogP contribution >= 0.6 is 11.6 Å². The maximum absolute atomic E-state index is 5.83. The normalized spacial score (nSPS) is 10.8. The predicted octanol–water partition coefficient (Wildman–Crippen LogP) is 3.87. The SMILES string of the molecule is CCN(CC)CCCCNc1ccc(Cl)cc1. The monoisotopic (exact) mass is 254 g/mol. The maximum Gasteiger partial charge on any atom is 0.0407 e. The summed E-state index contributed by atoms with van der Waals surface area (Å²) >= 11 is 5.83. The van der Waals surface area contributed by atoms with Crippen molar-refractivity contribution in [1.82, 2.24) is 4.90 Å². The standard InChI is InChI=1S/C14H23ClN2/c1-3-17(4-2)12-6-5-11-16-14-9-7-13(15)8-10-14/h7-10,16H,3-6,11-12H2,1-2H3. The Kier molecular flexibility index (Phi) is 7.06. The molecule has 2 nitrogen and oxygen atoms in total. The lowest BCUT2D eigenvalue weighted by molar-refractivity contribution is 0.298. The lowest BCUT2D eigenvalue weighted by atomic mass is 10.2. The molecule has 3 heteroatoms. The molecule has 1 rings (SSSR count). The Labute approximate surface area is 110 Å². The summed E-state index contributed by atoms with van der Waals surface area (Å²) in [5, 5.41) is 4.19. The fraction of sp³-hybridized carbons (Fsp3) is 0.571. The molecular formula is C14H23ClN2. The highest BCUT2D eigenvalue weighted by Crippen LogP contribution is 2.13. The van der Waals surface area contributed by atoms with Gasteiger partial charge in [-0.15, -0.1) is 0 Å². The summed E-state index contributed by atoms with van der Waals surface area (Å²) in [7, 11) is 0. The molecule has 0 unspecified atom stereocenters. The molecule has 0 saturated carbocycles. The molecule has 0 aliphatic carbocycles. The molecule has 1 N–H and O–H groups in total. The molecule has 0 amide bonds. The minimum absolute atomic E-state index is 0.789. The number of benzene rings is 1. The zero-order valence-electron chi connectivity index (χ0n) is 10.9. The van der Waals surface area contributed by atoms with E-state index in [2.05, 4.69) is 24.1 Å². The van der Waals surface area contributed by atoms with E-state index in [1.807, 2.05) is 24.3 Å². The van der Waals surface area contributed by atoms with Crippen molar-refractivity contribution in [3.63, 3.8) is 0 Å². The van der Waals surface area contributed by atoms with Crippen molar-refractivity contribution in [3.05, 3.63) is 29.3 Å². The first-order valence-electron chi connectivity index (χ1n) is 6.48. The molecule has 1 aromatic carbocycles. The van der Waals surface area contributed by atoms with Crippen molar-refractivity contribution in [2.75, 3.05) is 31.5 Å². The second kappa shape index (κ2) is 8.37. The van der Waals surface area contributed by atoms with Gasteiger partial charge in [-0.05, 0) is 56.7 Å². The van der Waals surface area contributed by atoms with Crippen molar-refractivity contribution >= 4 is 17.3 Å². The van der Waals surface area contributed by atoms with Gasteiger partial charge in [-0.2, -0.15) is 0 Å². The summed E-state index contributed by atoms with van der Waals surface area (Å²) in [6, 6.07) is 7.87. The van der Waals surface area contributed by atoms with E-state index in [0.29, 0.717) is 0 Å². The van der Waals surface area contributed by atoms with Gasteiger partial charge in [-0.3, -0.25) is 0 Å². The van der Waals surface area contributed by atoms with Crippen LogP contribution in [-0.4, -0.2) is 31.1 Å². The lowest BCUT2D eigenvalue weighted by Gasteiger charge is -2.17. The Balaban J connectivity index is 2.10. The Bertz CT molecular complexity index is 294. The lowest BCUT2D eigenvalue weighted by Crippen LogP contribution is -2.24. The molecule has 17 heavy (non-hydrogen) atoms. The van der Waals surface area contributed by atoms with Crippen molar-refractivity contribution in [3.8, 4) is 0 Å². The van der Waals surface area contributed by atoms with E-state index in [-0.39, 0.29) is 0 Å². The van der Waals surface area contributed by atoms with E-state index in [4.69, 9.17) is 11.6 Å². The smallest absolute Gasteiger partial charge is 0.0407 e. The molecule has 0 spiro atoms. The van der Waals surface area contributed by atoms with E-state index >= 15 is 0 Å². The molecular weight excluding hydrogens is 232 g/mol. The minimum Gasteiger partial charge on any atom is -0.385 e. The van der Waals surface area contributed by atoms with E-state index < -0.39 is 0 Å². The zero-order chi connectivity index (χ0) is 12.5. The van der Waals surface area contributed by atoms with Crippen LogP contribution in [0.15, 0.2) is 24.3 Å². The molecule has 0 aromatic heterocycles. The van der Waals surface area contributed by atoms with E-state index in [9.17, 15) is 0 Å². The molecule has 0 fully saturated rings. The van der Waals surface area contributed by atoms with Gasteiger partial charge in [0, 0.05) is 17.3 Å². The third-order valence-electron chi connectivity index (χ3n) is 2.97. The highest BCUT2D eigenvalue weighted by molar-refractivity contribution is 6.30. The highest BCUT2D eigenvalue weighted by atomic mass is 35.5. The van der Waals surface area contributed by atoms with Crippen molar-refractivity contribution in [2.24, 2.45) is 0 Å². The van der Waals surface area contributed by atoms with Gasteiger partial charge in [0.15, 0.2) is 0 Å². The average molecular weight is 255 g/mol. The maximum atomic E-state index is 5.83. The van der Waals surface area contributed by atoms with Crippen LogP contribution < -0.4 is 5.32 Å². The van der Waals surface area contributed by atoms with Gasteiger partial charge in [-0.25, -0.2) is 0 Å². The number of hydrogen-bond donors (Lipinski definition) is 1. The van der Waals surface area contributed by atoms with Crippen LogP contribution in [0.5, 0.6) is 0 Å². The predicted molar refractivity (Wildman–Crippen MR) is 77.0 cm³/mol. The van der Waals surface area contributed by atoms with Gasteiger partial charge in [0.2, 0.25) is 0 Å². The first kappa shape index (κ1) is 14.3. The second-order valence-corrected chi connectivity index (χ2v) is 4.60. The third kappa shape index (κ3) is 5.94. The largest absolute Gasteiger partial charge is 0.385 e. The topological polar surface area (TPSA) is 15.3 Å². The zero-order valence-corrected chi connectivity index (χ0v) is 11.6. The number of halogens is 1. The number of unbranched alkanes of at least 4 members (excludes halogenated alkanes) is 1. The van der Waals surface area contributed by atoms with E-state index in [1.165, 1.54) is 19.4 Å². The number of hydrogen-bond acceptors (Lipinski definition) is 2. The van der Waals surface area contributed by atoms with E-state index in [0.717, 1.165) is 30.3 Å². The Morgan fingerprint density at radius 2 is 1.71 bits per heavy atom. The van der Waals surface area contributed by atoms with E-state index in [1.54, 1.807) is 0 Å². The molecule has 0 aliphatic heterocycles. The Morgan fingerprint density at radius 1 is 1.06 bits per heavy atom. The average Bonchev–Trinajstić information content (AvgIpc) is 2.36. The molecule has 0 radical (unpaired) electrons. The Hall–Kier alpha value is -0.730. The molecule has 0 aliphatic rings. The number of nitrogens with zero attached hydrogens (tertiary/aromatic N) is 1. The molecule has 0 atom stereocenters. The summed E-state index contributed by atoms with van der Waals surface area (Å²) in [5.74, 6) is 0. The summed E-state index contributed by atoms with van der Waals surface area (Å²) in [5.41, 5.74) is 1.15. The van der Waals surface area contributed by atoms with Gasteiger partial charge < -0.3 is 10.2 Å². The van der Waals surface area contributed by atoms with Crippen molar-refractivity contribution in [2.45, 2.75) is 26.7 Å². The first-order valence-corrected chi connectivity index (χ1v) is 6.85. The summed E-state index contributed by atoms with van der Waals surface area (Å²) < 4.78 is 0.